The summed E-state index contributed by atoms with van der Waals surface area (Å²) in [5.41, 5.74) is 3.72. The summed E-state index contributed by atoms with van der Waals surface area (Å²) in [7, 11) is 0. The normalized spacial score (nSPS) is 11.1. The van der Waals surface area contributed by atoms with Crippen LogP contribution in [0.3, 0.4) is 0 Å². The Morgan fingerprint density at radius 1 is 1.06 bits per heavy atom. The third kappa shape index (κ3) is 4.90. The van der Waals surface area contributed by atoms with Gasteiger partial charge < -0.3 is 5.11 Å². The van der Waals surface area contributed by atoms with Gasteiger partial charge >= 0.3 is 11.7 Å². The Morgan fingerprint density at radius 2 is 1.75 bits per heavy atom. The molecule has 6 heteroatoms. The lowest BCUT2D eigenvalue weighted by Crippen LogP contribution is -2.27. The van der Waals surface area contributed by atoms with Crippen LogP contribution in [0.2, 0.25) is 0 Å². The number of carbonyl (C=O) groups is 2. The van der Waals surface area contributed by atoms with Gasteiger partial charge in [0.15, 0.2) is 6.29 Å². The first kappa shape index (κ1) is 23.3. The van der Waals surface area contributed by atoms with E-state index in [1.165, 1.54) is 0 Å². The molecule has 0 saturated heterocycles. The number of aromatic nitrogens is 2. The first-order valence-corrected chi connectivity index (χ1v) is 11.1. The van der Waals surface area contributed by atoms with Crippen LogP contribution in [0.4, 0.5) is 0 Å². The predicted octanol–water partition coefficient (Wildman–Crippen LogP) is 4.87. The number of hydrogen-bond acceptors (Lipinski definition) is 3. The second-order valence-corrected chi connectivity index (χ2v) is 8.47. The summed E-state index contributed by atoms with van der Waals surface area (Å²) in [6.07, 6.45) is 3.35. The molecule has 0 saturated carbocycles. The van der Waals surface area contributed by atoms with Gasteiger partial charge in [-0.05, 0) is 41.5 Å². The van der Waals surface area contributed by atoms with Crippen LogP contribution in [0, 0.1) is 5.92 Å². The molecule has 168 valence electrons. The van der Waals surface area contributed by atoms with Gasteiger partial charge in [-0.1, -0.05) is 69.7 Å². The number of aromatic carboxylic acids is 1. The van der Waals surface area contributed by atoms with Gasteiger partial charge in [0, 0.05) is 6.54 Å². The van der Waals surface area contributed by atoms with E-state index >= 15 is 0 Å². The lowest BCUT2D eigenvalue weighted by molar-refractivity contribution is 0.0697. The van der Waals surface area contributed by atoms with Gasteiger partial charge in [0.1, 0.15) is 5.69 Å². The number of carbonyl (C=O) groups excluding carboxylic acids is 1. The van der Waals surface area contributed by atoms with Crippen LogP contribution in [0.1, 0.15) is 65.7 Å². The highest BCUT2D eigenvalue weighted by atomic mass is 16.4. The van der Waals surface area contributed by atoms with Gasteiger partial charge in [-0.3, -0.25) is 13.9 Å². The van der Waals surface area contributed by atoms with E-state index < -0.39 is 5.97 Å². The Labute approximate surface area is 188 Å². The molecule has 1 heterocycles. The van der Waals surface area contributed by atoms with Crippen molar-refractivity contribution in [2.24, 2.45) is 5.92 Å². The topological polar surface area (TPSA) is 81.3 Å². The van der Waals surface area contributed by atoms with Crippen LogP contribution in [0.5, 0.6) is 0 Å². The second kappa shape index (κ2) is 10.3. The number of imidazole rings is 1. The zero-order valence-electron chi connectivity index (χ0n) is 18.9. The average molecular weight is 435 g/mol. The Balaban J connectivity index is 1.98. The molecule has 1 aromatic heterocycles. The molecule has 0 unspecified atom stereocenters. The highest BCUT2D eigenvalue weighted by molar-refractivity contribution is 5.96. The number of aldehydes is 1. The Morgan fingerprint density at radius 3 is 2.34 bits per heavy atom. The molecule has 0 fully saturated rings. The van der Waals surface area contributed by atoms with Crippen molar-refractivity contribution >= 4 is 12.3 Å². The number of carboxylic acid groups (broad SMARTS) is 1. The first-order valence-electron chi connectivity index (χ1n) is 11.1. The smallest absolute Gasteiger partial charge is 0.336 e. The van der Waals surface area contributed by atoms with Crippen molar-refractivity contribution in [1.29, 1.82) is 0 Å². The molecule has 3 aromatic rings. The molecule has 0 aliphatic rings. The van der Waals surface area contributed by atoms with Gasteiger partial charge in [0.2, 0.25) is 0 Å². The van der Waals surface area contributed by atoms with Gasteiger partial charge in [-0.15, -0.1) is 0 Å². The van der Waals surface area contributed by atoms with Gasteiger partial charge in [-0.25, -0.2) is 9.59 Å². The molecule has 0 aliphatic heterocycles. The maximum atomic E-state index is 13.2. The minimum absolute atomic E-state index is 0.160. The third-order valence-corrected chi connectivity index (χ3v) is 5.56. The van der Waals surface area contributed by atoms with Crippen LogP contribution in [0.15, 0.2) is 53.3 Å². The van der Waals surface area contributed by atoms with Gasteiger partial charge in [0.25, 0.3) is 0 Å². The highest BCUT2D eigenvalue weighted by Crippen LogP contribution is 2.24. The maximum absolute atomic E-state index is 13.2. The van der Waals surface area contributed by atoms with E-state index in [0.717, 1.165) is 35.9 Å². The minimum atomic E-state index is -0.968. The third-order valence-electron chi connectivity index (χ3n) is 5.56. The molecule has 0 spiro atoms. The van der Waals surface area contributed by atoms with Gasteiger partial charge in [-0.2, -0.15) is 0 Å². The van der Waals surface area contributed by atoms with E-state index in [0.29, 0.717) is 30.8 Å². The zero-order valence-corrected chi connectivity index (χ0v) is 18.9. The van der Waals surface area contributed by atoms with E-state index in [-0.39, 0.29) is 17.2 Å². The average Bonchev–Trinajstić information content (AvgIpc) is 3.02. The number of benzene rings is 2. The van der Waals surface area contributed by atoms with Crippen molar-refractivity contribution in [2.45, 2.75) is 53.1 Å². The Kier molecular flexibility index (Phi) is 7.46. The fourth-order valence-electron chi connectivity index (χ4n) is 4.00. The summed E-state index contributed by atoms with van der Waals surface area (Å²) in [6.45, 7) is 7.01. The zero-order chi connectivity index (χ0) is 23.3. The molecule has 1 N–H and O–H groups in total. The fourth-order valence-corrected chi connectivity index (χ4v) is 4.00. The van der Waals surface area contributed by atoms with Crippen LogP contribution < -0.4 is 5.69 Å². The van der Waals surface area contributed by atoms with Crippen molar-refractivity contribution in [1.82, 2.24) is 9.13 Å². The van der Waals surface area contributed by atoms with Gasteiger partial charge in [0.05, 0.1) is 17.8 Å². The Hall–Kier alpha value is -3.41. The van der Waals surface area contributed by atoms with E-state index in [1.54, 1.807) is 27.3 Å². The molecular formula is C26H30N2O4. The molecule has 3 rings (SSSR count). The molecular weight excluding hydrogens is 404 g/mol. The maximum Gasteiger partial charge on any atom is 0.336 e. The fraction of sp³-hybridized carbons (Fsp3) is 0.346. The standard InChI is InChI=1S/C26H30N2O4/c1-4-5-10-23-24(17-29)27(15-18(2)3)26(32)28(23)16-19-11-13-20(14-12-19)21-8-6-7-9-22(21)25(30)31/h6-9,11-14,17-18H,4-5,10,15-16H2,1-3H3,(H,30,31). The summed E-state index contributed by atoms with van der Waals surface area (Å²) < 4.78 is 3.31. The highest BCUT2D eigenvalue weighted by Gasteiger charge is 2.20. The van der Waals surface area contributed by atoms with Crippen molar-refractivity contribution in [3.63, 3.8) is 0 Å². The largest absolute Gasteiger partial charge is 0.478 e. The molecule has 0 radical (unpaired) electrons. The molecule has 0 bridgehead atoms. The number of carboxylic acids is 1. The van der Waals surface area contributed by atoms with E-state index in [9.17, 15) is 19.5 Å². The summed E-state index contributed by atoms with van der Waals surface area (Å²) >= 11 is 0. The molecule has 0 amide bonds. The monoisotopic (exact) mass is 434 g/mol. The van der Waals surface area contributed by atoms with Crippen LogP contribution in [0.25, 0.3) is 11.1 Å². The van der Waals surface area contributed by atoms with Crippen molar-refractivity contribution in [3.05, 3.63) is 81.5 Å². The first-order chi connectivity index (χ1) is 15.4. The molecule has 32 heavy (non-hydrogen) atoms. The van der Waals surface area contributed by atoms with Crippen LogP contribution >= 0.6 is 0 Å². The number of nitrogens with zero attached hydrogens (tertiary/aromatic N) is 2. The SMILES string of the molecule is CCCCc1c(C=O)n(CC(C)C)c(=O)n1Cc1ccc(-c2ccccc2C(=O)O)cc1. The molecule has 2 aromatic carbocycles. The molecule has 6 nitrogen and oxygen atoms in total. The quantitative estimate of drug-likeness (QED) is 0.462. The summed E-state index contributed by atoms with van der Waals surface area (Å²) in [5, 5.41) is 9.45. The van der Waals surface area contributed by atoms with Crippen molar-refractivity contribution in [3.8, 4) is 11.1 Å². The van der Waals surface area contributed by atoms with Crippen molar-refractivity contribution < 1.29 is 14.7 Å². The number of unbranched alkanes of at least 4 members (excludes halogenated alkanes) is 1. The molecule has 0 aliphatic carbocycles. The second-order valence-electron chi connectivity index (χ2n) is 8.47. The predicted molar refractivity (Wildman–Crippen MR) is 125 cm³/mol. The van der Waals surface area contributed by atoms with Crippen LogP contribution in [-0.2, 0) is 19.5 Å². The lowest BCUT2D eigenvalue weighted by atomic mass is 9.99. The summed E-state index contributed by atoms with van der Waals surface area (Å²) in [6, 6.07) is 14.5. The van der Waals surface area contributed by atoms with E-state index in [2.05, 4.69) is 6.92 Å². The summed E-state index contributed by atoms with van der Waals surface area (Å²) in [4.78, 5) is 36.6. The minimum Gasteiger partial charge on any atom is -0.478 e. The van der Waals surface area contributed by atoms with E-state index in [4.69, 9.17) is 0 Å². The molecule has 0 atom stereocenters. The number of rotatable bonds is 10. The number of hydrogen-bond donors (Lipinski definition) is 1. The van der Waals surface area contributed by atoms with Crippen LogP contribution in [-0.4, -0.2) is 26.5 Å². The van der Waals surface area contributed by atoms with Crippen molar-refractivity contribution in [2.75, 3.05) is 0 Å². The lowest BCUT2D eigenvalue weighted by Gasteiger charge is -2.10. The Bertz CT molecular complexity index is 1150. The summed E-state index contributed by atoms with van der Waals surface area (Å²) in [5.74, 6) is -0.723. The van der Waals surface area contributed by atoms with E-state index in [1.807, 2.05) is 44.2 Å².